The summed E-state index contributed by atoms with van der Waals surface area (Å²) in [5, 5.41) is 9.96. The normalized spacial score (nSPS) is 11.4. The van der Waals surface area contributed by atoms with Gasteiger partial charge in [0.15, 0.2) is 0 Å². The predicted octanol–water partition coefficient (Wildman–Crippen LogP) is 4.39. The molecule has 0 saturated carbocycles. The first-order chi connectivity index (χ1) is 14.1. The van der Waals surface area contributed by atoms with Gasteiger partial charge in [-0.15, -0.1) is 10.2 Å². The van der Waals surface area contributed by atoms with Gasteiger partial charge in [0.05, 0.1) is 23.4 Å². The summed E-state index contributed by atoms with van der Waals surface area (Å²) in [4.78, 5) is 24.4. The van der Waals surface area contributed by atoms with Crippen molar-refractivity contribution < 1.29 is 27.5 Å². The quantitative estimate of drug-likeness (QED) is 0.597. The van der Waals surface area contributed by atoms with Gasteiger partial charge >= 0.3 is 12.1 Å². The zero-order chi connectivity index (χ0) is 22.1. The maximum atomic E-state index is 13.4. The highest BCUT2D eigenvalue weighted by molar-refractivity contribution is 7.17. The smallest absolute Gasteiger partial charge is 0.418 e. The molecule has 0 unspecified atom stereocenters. The minimum absolute atomic E-state index is 0.0169. The number of aromatic nitrogens is 3. The molecule has 158 valence electrons. The van der Waals surface area contributed by atoms with E-state index in [9.17, 15) is 22.8 Å². The molecule has 11 heteroatoms. The van der Waals surface area contributed by atoms with Crippen molar-refractivity contribution in [1.29, 1.82) is 0 Å². The molecule has 0 spiro atoms. The van der Waals surface area contributed by atoms with Crippen LogP contribution in [0.25, 0.3) is 5.69 Å². The standard InChI is InChI=1S/C19H17F3N4O3S/c1-4-29-17(28)16-24-25-18(30-16)23-15(27)12-9-10(2)26(11(12)3)14-8-6-5-7-13(14)19(20,21)22/h5-9H,4H2,1-3H3,(H,23,25,27). The zero-order valence-electron chi connectivity index (χ0n) is 16.2. The zero-order valence-corrected chi connectivity index (χ0v) is 17.0. The van der Waals surface area contributed by atoms with E-state index in [2.05, 4.69) is 15.5 Å². The second-order valence-corrected chi connectivity index (χ2v) is 7.20. The van der Waals surface area contributed by atoms with Gasteiger partial charge in [-0.3, -0.25) is 10.1 Å². The minimum atomic E-state index is -4.54. The van der Waals surface area contributed by atoms with Crippen molar-refractivity contribution in [3.05, 3.63) is 57.9 Å². The largest absolute Gasteiger partial charge is 0.461 e. The third-order valence-electron chi connectivity index (χ3n) is 4.22. The number of carbonyl (C=O) groups excluding carboxylic acids is 2. The maximum Gasteiger partial charge on any atom is 0.418 e. The molecule has 0 radical (unpaired) electrons. The Morgan fingerprint density at radius 1 is 1.20 bits per heavy atom. The molecule has 0 aliphatic heterocycles. The number of nitrogens with zero attached hydrogens (tertiary/aromatic N) is 3. The second-order valence-electron chi connectivity index (χ2n) is 6.22. The van der Waals surface area contributed by atoms with Gasteiger partial charge in [-0.25, -0.2) is 4.79 Å². The van der Waals surface area contributed by atoms with Crippen LogP contribution in [0.2, 0.25) is 0 Å². The van der Waals surface area contributed by atoms with Crippen molar-refractivity contribution in [2.75, 3.05) is 11.9 Å². The Morgan fingerprint density at radius 3 is 2.57 bits per heavy atom. The van der Waals surface area contributed by atoms with Gasteiger partial charge in [0.1, 0.15) is 0 Å². The van der Waals surface area contributed by atoms with Crippen LogP contribution in [0, 0.1) is 13.8 Å². The molecule has 0 atom stereocenters. The van der Waals surface area contributed by atoms with E-state index < -0.39 is 23.6 Å². The molecule has 2 aromatic heterocycles. The Bertz CT molecular complexity index is 1100. The fourth-order valence-electron chi connectivity index (χ4n) is 2.99. The van der Waals surface area contributed by atoms with Crippen LogP contribution in [0.4, 0.5) is 18.3 Å². The molecular weight excluding hydrogens is 421 g/mol. The highest BCUT2D eigenvalue weighted by Gasteiger charge is 2.34. The van der Waals surface area contributed by atoms with Crippen molar-refractivity contribution in [2.45, 2.75) is 26.9 Å². The molecule has 7 nitrogen and oxygen atoms in total. The Hall–Kier alpha value is -3.21. The third kappa shape index (κ3) is 4.20. The molecule has 3 rings (SSSR count). The number of rotatable bonds is 5. The fourth-order valence-corrected chi connectivity index (χ4v) is 3.62. The monoisotopic (exact) mass is 438 g/mol. The van der Waals surface area contributed by atoms with E-state index in [1.807, 2.05) is 0 Å². The van der Waals surface area contributed by atoms with Crippen molar-refractivity contribution in [3.8, 4) is 5.69 Å². The van der Waals surface area contributed by atoms with Crippen LogP contribution in [0.5, 0.6) is 0 Å². The molecule has 0 aliphatic carbocycles. The number of ether oxygens (including phenoxy) is 1. The number of carbonyl (C=O) groups is 2. The molecular formula is C19H17F3N4O3S. The minimum Gasteiger partial charge on any atom is -0.461 e. The lowest BCUT2D eigenvalue weighted by molar-refractivity contribution is -0.137. The van der Waals surface area contributed by atoms with E-state index >= 15 is 0 Å². The number of para-hydroxylation sites is 1. The number of anilines is 1. The van der Waals surface area contributed by atoms with Crippen LogP contribution in [0.3, 0.4) is 0 Å². The maximum absolute atomic E-state index is 13.4. The summed E-state index contributed by atoms with van der Waals surface area (Å²) in [5.41, 5.74) is 0.0922. The van der Waals surface area contributed by atoms with E-state index in [0.717, 1.165) is 17.4 Å². The van der Waals surface area contributed by atoms with Crippen molar-refractivity contribution in [2.24, 2.45) is 0 Å². The highest BCUT2D eigenvalue weighted by Crippen LogP contribution is 2.35. The van der Waals surface area contributed by atoms with E-state index in [-0.39, 0.29) is 28.0 Å². The second kappa shape index (κ2) is 8.27. The summed E-state index contributed by atoms with van der Waals surface area (Å²) in [7, 11) is 0. The van der Waals surface area contributed by atoms with Crippen molar-refractivity contribution >= 4 is 28.3 Å². The average molecular weight is 438 g/mol. The van der Waals surface area contributed by atoms with Gasteiger partial charge in [0.25, 0.3) is 5.91 Å². The summed E-state index contributed by atoms with van der Waals surface area (Å²) < 4.78 is 46.5. The highest BCUT2D eigenvalue weighted by atomic mass is 32.1. The van der Waals surface area contributed by atoms with Crippen LogP contribution in [0.15, 0.2) is 30.3 Å². The van der Waals surface area contributed by atoms with Crippen molar-refractivity contribution in [1.82, 2.24) is 14.8 Å². The van der Waals surface area contributed by atoms with Crippen LogP contribution in [0.1, 0.15) is 44.0 Å². The summed E-state index contributed by atoms with van der Waals surface area (Å²) in [6, 6.07) is 6.64. The molecule has 1 amide bonds. The third-order valence-corrected chi connectivity index (χ3v) is 5.04. The first-order valence-electron chi connectivity index (χ1n) is 8.81. The Balaban J connectivity index is 1.92. The SMILES string of the molecule is CCOC(=O)c1nnc(NC(=O)c2cc(C)n(-c3ccccc3C(F)(F)F)c2C)s1. The van der Waals surface area contributed by atoms with E-state index in [1.165, 1.54) is 28.8 Å². The van der Waals surface area contributed by atoms with E-state index in [0.29, 0.717) is 11.4 Å². The lowest BCUT2D eigenvalue weighted by Crippen LogP contribution is -2.14. The first kappa shape index (κ1) is 21.5. The molecule has 2 heterocycles. The molecule has 30 heavy (non-hydrogen) atoms. The number of hydrogen-bond acceptors (Lipinski definition) is 6. The summed E-state index contributed by atoms with van der Waals surface area (Å²) in [5.74, 6) is -1.23. The summed E-state index contributed by atoms with van der Waals surface area (Å²) in [6.45, 7) is 4.99. The number of halogens is 3. The van der Waals surface area contributed by atoms with Gasteiger partial charge < -0.3 is 9.30 Å². The van der Waals surface area contributed by atoms with E-state index in [4.69, 9.17) is 4.74 Å². The van der Waals surface area contributed by atoms with Gasteiger partial charge in [-0.1, -0.05) is 23.5 Å². The predicted molar refractivity (Wildman–Crippen MR) is 104 cm³/mol. The van der Waals surface area contributed by atoms with E-state index in [1.54, 1.807) is 20.8 Å². The van der Waals surface area contributed by atoms with Gasteiger partial charge in [-0.05, 0) is 39.0 Å². The van der Waals surface area contributed by atoms with Crippen LogP contribution in [-0.4, -0.2) is 33.2 Å². The van der Waals surface area contributed by atoms with Crippen LogP contribution < -0.4 is 5.32 Å². The topological polar surface area (TPSA) is 86.1 Å². The van der Waals surface area contributed by atoms with Crippen LogP contribution in [-0.2, 0) is 10.9 Å². The number of esters is 1. The molecule has 1 aromatic carbocycles. The number of aryl methyl sites for hydroxylation is 1. The molecule has 0 saturated heterocycles. The molecule has 1 N–H and O–H groups in total. The van der Waals surface area contributed by atoms with Gasteiger partial charge in [0, 0.05) is 11.4 Å². The Labute approximate surface area is 173 Å². The van der Waals surface area contributed by atoms with Crippen LogP contribution >= 0.6 is 11.3 Å². The molecule has 0 aliphatic rings. The van der Waals surface area contributed by atoms with Crippen molar-refractivity contribution in [3.63, 3.8) is 0 Å². The number of alkyl halides is 3. The number of nitrogens with one attached hydrogen (secondary N) is 1. The Morgan fingerprint density at radius 2 is 1.90 bits per heavy atom. The fraction of sp³-hybridized carbons (Fsp3) is 0.263. The molecule has 0 fully saturated rings. The first-order valence-corrected chi connectivity index (χ1v) is 9.62. The lowest BCUT2D eigenvalue weighted by atomic mass is 10.1. The van der Waals surface area contributed by atoms with Gasteiger partial charge in [0.2, 0.25) is 10.1 Å². The Kier molecular flexibility index (Phi) is 5.92. The average Bonchev–Trinajstić information content (AvgIpc) is 3.25. The summed E-state index contributed by atoms with van der Waals surface area (Å²) >= 11 is 0.839. The number of hydrogen-bond donors (Lipinski definition) is 1. The summed E-state index contributed by atoms with van der Waals surface area (Å²) in [6.07, 6.45) is -4.54. The lowest BCUT2D eigenvalue weighted by Gasteiger charge is -2.16. The number of amides is 1. The van der Waals surface area contributed by atoms with Gasteiger partial charge in [-0.2, -0.15) is 13.2 Å². The molecule has 0 bridgehead atoms. The molecule has 3 aromatic rings. The number of benzene rings is 1.